The molecule has 0 N–H and O–H groups in total. The predicted octanol–water partition coefficient (Wildman–Crippen LogP) is 7.27. The van der Waals surface area contributed by atoms with Crippen LogP contribution < -0.4 is 0 Å². The average molecular weight is 376 g/mol. The van der Waals surface area contributed by atoms with Crippen LogP contribution in [0.3, 0.4) is 0 Å². The van der Waals surface area contributed by atoms with Gasteiger partial charge in [-0.25, -0.2) is 8.78 Å². The molecule has 0 amide bonds. The molecule has 0 bridgehead atoms. The third kappa shape index (κ3) is 3.31. The summed E-state index contributed by atoms with van der Waals surface area (Å²) in [6.07, 6.45) is -7.68. The molecule has 0 aliphatic heterocycles. The maximum absolute atomic E-state index is 13.1. The number of benzene rings is 2. The van der Waals surface area contributed by atoms with E-state index in [1.54, 1.807) is 0 Å². The molecule has 0 aromatic heterocycles. The van der Waals surface area contributed by atoms with Crippen LogP contribution in [-0.4, -0.2) is 0 Å². The van der Waals surface area contributed by atoms with E-state index in [9.17, 15) is 22.0 Å². The van der Waals surface area contributed by atoms with E-state index in [0.29, 0.717) is 18.2 Å². The molecule has 0 heterocycles. The molecule has 0 aliphatic carbocycles. The Morgan fingerprint density at radius 3 is 2.00 bits per heavy atom. The van der Waals surface area contributed by atoms with Crippen molar-refractivity contribution in [3.63, 3.8) is 0 Å². The SMILES string of the molecule is FC(F)c1ccc(C(F)(F)F)cc1-c1c(Cl)ccc(Cl)c1Cl. The van der Waals surface area contributed by atoms with E-state index >= 15 is 0 Å². The Balaban J connectivity index is 2.81. The lowest BCUT2D eigenvalue weighted by atomic mass is 9.97. The van der Waals surface area contributed by atoms with E-state index in [0.717, 1.165) is 0 Å². The molecule has 0 atom stereocenters. The van der Waals surface area contributed by atoms with E-state index in [1.807, 2.05) is 0 Å². The first kappa shape index (κ1) is 17.3. The van der Waals surface area contributed by atoms with Crippen LogP contribution in [0.5, 0.6) is 0 Å². The molecule has 0 spiro atoms. The van der Waals surface area contributed by atoms with Gasteiger partial charge in [-0.15, -0.1) is 0 Å². The summed E-state index contributed by atoms with van der Waals surface area (Å²) in [7, 11) is 0. The van der Waals surface area contributed by atoms with Crippen molar-refractivity contribution in [1.29, 1.82) is 0 Å². The van der Waals surface area contributed by atoms with Crippen molar-refractivity contribution in [2.24, 2.45) is 0 Å². The highest BCUT2D eigenvalue weighted by Crippen LogP contribution is 2.44. The maximum atomic E-state index is 13.1. The summed E-state index contributed by atoms with van der Waals surface area (Å²) in [6, 6.07) is 4.48. The van der Waals surface area contributed by atoms with E-state index in [2.05, 4.69) is 0 Å². The van der Waals surface area contributed by atoms with Crippen molar-refractivity contribution in [2.75, 3.05) is 0 Å². The van der Waals surface area contributed by atoms with Gasteiger partial charge in [0.15, 0.2) is 0 Å². The van der Waals surface area contributed by atoms with E-state index in [-0.39, 0.29) is 20.6 Å². The minimum absolute atomic E-state index is 0.00121. The summed E-state index contributed by atoms with van der Waals surface area (Å²) in [4.78, 5) is 0. The van der Waals surface area contributed by atoms with Crippen molar-refractivity contribution in [2.45, 2.75) is 12.6 Å². The van der Waals surface area contributed by atoms with Gasteiger partial charge in [-0.3, -0.25) is 0 Å². The summed E-state index contributed by atoms with van der Waals surface area (Å²) >= 11 is 17.6. The molecule has 0 nitrogen and oxygen atoms in total. The van der Waals surface area contributed by atoms with Crippen LogP contribution in [0.2, 0.25) is 15.1 Å². The van der Waals surface area contributed by atoms with Gasteiger partial charge in [0.05, 0.1) is 20.6 Å². The molecule has 0 unspecified atom stereocenters. The van der Waals surface area contributed by atoms with Gasteiger partial charge in [-0.05, 0) is 29.8 Å². The maximum Gasteiger partial charge on any atom is 0.416 e. The molecule has 0 saturated heterocycles. The average Bonchev–Trinajstić information content (AvgIpc) is 2.42. The van der Waals surface area contributed by atoms with Crippen LogP contribution >= 0.6 is 34.8 Å². The van der Waals surface area contributed by atoms with E-state index in [1.165, 1.54) is 12.1 Å². The fourth-order valence-electron chi connectivity index (χ4n) is 1.91. The second-order valence-electron chi connectivity index (χ2n) is 4.32. The number of hydrogen-bond donors (Lipinski definition) is 0. The lowest BCUT2D eigenvalue weighted by Crippen LogP contribution is -2.06. The summed E-state index contributed by atoms with van der Waals surface area (Å²) in [6.45, 7) is 0. The molecular formula is C14H6Cl3F5. The zero-order chi connectivity index (χ0) is 16.7. The Morgan fingerprint density at radius 1 is 0.864 bits per heavy atom. The Labute approximate surface area is 137 Å². The zero-order valence-electron chi connectivity index (χ0n) is 10.5. The number of alkyl halides is 5. The highest BCUT2D eigenvalue weighted by Gasteiger charge is 2.32. The first-order valence-electron chi connectivity index (χ1n) is 5.76. The van der Waals surface area contributed by atoms with Gasteiger partial charge in [-0.1, -0.05) is 40.9 Å². The van der Waals surface area contributed by atoms with Gasteiger partial charge in [-0.2, -0.15) is 13.2 Å². The van der Waals surface area contributed by atoms with Crippen LogP contribution in [-0.2, 0) is 6.18 Å². The normalized spacial score (nSPS) is 12.0. The van der Waals surface area contributed by atoms with Gasteiger partial charge < -0.3 is 0 Å². The monoisotopic (exact) mass is 374 g/mol. The standard InChI is InChI=1S/C14H6Cl3F5/c15-9-3-4-10(16)12(17)11(9)8-5-6(14(20,21)22)1-2-7(8)13(18)19/h1-5,13H. The minimum atomic E-state index is -4.69. The Kier molecular flexibility index (Phi) is 4.90. The molecule has 8 heteroatoms. The van der Waals surface area contributed by atoms with Crippen molar-refractivity contribution in [1.82, 2.24) is 0 Å². The van der Waals surface area contributed by atoms with Gasteiger partial charge >= 0.3 is 6.18 Å². The molecule has 118 valence electrons. The summed E-state index contributed by atoms with van der Waals surface area (Å²) in [5, 5.41) is -0.260. The lowest BCUT2D eigenvalue weighted by Gasteiger charge is -2.16. The predicted molar refractivity (Wildman–Crippen MR) is 76.9 cm³/mol. The van der Waals surface area contributed by atoms with Crippen LogP contribution in [0.4, 0.5) is 22.0 Å². The first-order valence-corrected chi connectivity index (χ1v) is 6.89. The van der Waals surface area contributed by atoms with Crippen LogP contribution in [0.25, 0.3) is 11.1 Å². The van der Waals surface area contributed by atoms with Gasteiger partial charge in [0, 0.05) is 11.1 Å². The summed E-state index contributed by atoms with van der Waals surface area (Å²) in [5.74, 6) is 0. The van der Waals surface area contributed by atoms with Crippen molar-refractivity contribution < 1.29 is 22.0 Å². The molecule has 22 heavy (non-hydrogen) atoms. The van der Waals surface area contributed by atoms with Crippen LogP contribution in [0.15, 0.2) is 30.3 Å². The van der Waals surface area contributed by atoms with Crippen LogP contribution in [0, 0.1) is 0 Å². The molecule has 0 fully saturated rings. The second kappa shape index (κ2) is 6.22. The fraction of sp³-hybridized carbons (Fsp3) is 0.143. The molecular weight excluding hydrogens is 370 g/mol. The molecule has 0 aliphatic rings. The quantitative estimate of drug-likeness (QED) is 0.382. The summed E-state index contributed by atoms with van der Waals surface area (Å²) in [5.41, 5.74) is -2.25. The number of rotatable bonds is 2. The number of hydrogen-bond acceptors (Lipinski definition) is 0. The molecule has 0 radical (unpaired) electrons. The van der Waals surface area contributed by atoms with Crippen molar-refractivity contribution in [3.05, 3.63) is 56.5 Å². The Bertz CT molecular complexity index is 710. The highest BCUT2D eigenvalue weighted by molar-refractivity contribution is 6.46. The largest absolute Gasteiger partial charge is 0.416 e. The third-order valence-corrected chi connectivity index (χ3v) is 4.05. The molecule has 0 saturated carbocycles. The number of halogens is 8. The molecule has 2 aromatic carbocycles. The zero-order valence-corrected chi connectivity index (χ0v) is 12.8. The third-order valence-electron chi connectivity index (χ3n) is 2.93. The molecule has 2 rings (SSSR count). The lowest BCUT2D eigenvalue weighted by molar-refractivity contribution is -0.137. The van der Waals surface area contributed by atoms with Gasteiger partial charge in [0.25, 0.3) is 6.43 Å². The van der Waals surface area contributed by atoms with E-state index in [4.69, 9.17) is 34.8 Å². The van der Waals surface area contributed by atoms with Crippen molar-refractivity contribution >= 4 is 34.8 Å². The minimum Gasteiger partial charge on any atom is -0.205 e. The van der Waals surface area contributed by atoms with E-state index < -0.39 is 29.3 Å². The second-order valence-corrected chi connectivity index (χ2v) is 5.51. The highest BCUT2D eigenvalue weighted by atomic mass is 35.5. The van der Waals surface area contributed by atoms with Crippen LogP contribution in [0.1, 0.15) is 17.6 Å². The van der Waals surface area contributed by atoms with Crippen molar-refractivity contribution in [3.8, 4) is 11.1 Å². The fourth-order valence-corrected chi connectivity index (χ4v) is 2.65. The Hall–Kier alpha value is -1.04. The smallest absolute Gasteiger partial charge is 0.205 e. The summed E-state index contributed by atoms with van der Waals surface area (Å²) < 4.78 is 64.7. The van der Waals surface area contributed by atoms with Gasteiger partial charge in [0.1, 0.15) is 0 Å². The first-order chi connectivity index (χ1) is 10.1. The topological polar surface area (TPSA) is 0 Å². The molecule has 2 aromatic rings. The Morgan fingerprint density at radius 2 is 1.45 bits per heavy atom. The van der Waals surface area contributed by atoms with Gasteiger partial charge in [0.2, 0.25) is 0 Å².